The number of carboxylic acids is 1. The molecular formula is C11H15NO2. The van der Waals surface area contributed by atoms with Gasteiger partial charge in [-0.1, -0.05) is 19.8 Å². The van der Waals surface area contributed by atoms with Crippen molar-refractivity contribution < 1.29 is 9.90 Å². The Hall–Kier alpha value is -1.38. The number of hydrogen-bond donors (Lipinski definition) is 1. The second kappa shape index (κ2) is 5.37. The molecule has 0 atom stereocenters. The second-order valence-corrected chi connectivity index (χ2v) is 3.30. The van der Waals surface area contributed by atoms with Crippen molar-refractivity contribution in [1.82, 2.24) is 4.98 Å². The fourth-order valence-electron chi connectivity index (χ4n) is 1.26. The summed E-state index contributed by atoms with van der Waals surface area (Å²) in [5, 5.41) is 8.65. The van der Waals surface area contributed by atoms with Gasteiger partial charge in [-0.25, -0.2) is 4.79 Å². The van der Waals surface area contributed by atoms with Crippen LogP contribution < -0.4 is 0 Å². The van der Waals surface area contributed by atoms with E-state index in [4.69, 9.17) is 5.11 Å². The highest BCUT2D eigenvalue weighted by Crippen LogP contribution is 2.05. The minimum absolute atomic E-state index is 0.254. The molecule has 0 saturated heterocycles. The first-order valence-electron chi connectivity index (χ1n) is 4.92. The Morgan fingerprint density at radius 2 is 2.21 bits per heavy atom. The minimum Gasteiger partial charge on any atom is -0.478 e. The Morgan fingerprint density at radius 3 is 2.71 bits per heavy atom. The number of carbonyl (C=O) groups is 1. The number of unbranched alkanes of at least 4 members (excludes halogenated alkanes) is 2. The maximum absolute atomic E-state index is 10.5. The molecule has 1 aromatic heterocycles. The van der Waals surface area contributed by atoms with Crippen molar-refractivity contribution >= 4 is 5.97 Å². The highest BCUT2D eigenvalue weighted by molar-refractivity contribution is 5.87. The summed E-state index contributed by atoms with van der Waals surface area (Å²) in [7, 11) is 0. The zero-order valence-electron chi connectivity index (χ0n) is 8.36. The van der Waals surface area contributed by atoms with Crippen molar-refractivity contribution in [2.45, 2.75) is 32.6 Å². The predicted molar refractivity (Wildman–Crippen MR) is 54.4 cm³/mol. The molecule has 0 fully saturated rings. The normalized spacial score (nSPS) is 10.1. The van der Waals surface area contributed by atoms with Crippen LogP contribution >= 0.6 is 0 Å². The number of aryl methyl sites for hydroxylation is 1. The highest BCUT2D eigenvalue weighted by atomic mass is 16.4. The van der Waals surface area contributed by atoms with E-state index in [0.29, 0.717) is 0 Å². The van der Waals surface area contributed by atoms with Crippen LogP contribution in [0.5, 0.6) is 0 Å². The Labute approximate surface area is 83.8 Å². The Kier molecular flexibility index (Phi) is 4.11. The standard InChI is InChI=1S/C11H15NO2/c1-2-3-4-5-10-7-6-9(8-12-10)11(13)14/h6-8H,2-5H2,1H3,(H,13,14). The topological polar surface area (TPSA) is 50.2 Å². The SMILES string of the molecule is CCCCCc1ccc(C(=O)O)cn1. The maximum Gasteiger partial charge on any atom is 0.337 e. The van der Waals surface area contributed by atoms with Gasteiger partial charge in [0.2, 0.25) is 0 Å². The molecule has 0 saturated carbocycles. The van der Waals surface area contributed by atoms with Gasteiger partial charge in [0, 0.05) is 11.9 Å². The first-order valence-corrected chi connectivity index (χ1v) is 4.92. The minimum atomic E-state index is -0.919. The van der Waals surface area contributed by atoms with Gasteiger partial charge < -0.3 is 5.11 Å². The van der Waals surface area contributed by atoms with Crippen molar-refractivity contribution in [1.29, 1.82) is 0 Å². The van der Waals surface area contributed by atoms with Crippen LogP contribution in [0, 0.1) is 0 Å². The molecule has 0 spiro atoms. The molecule has 3 heteroatoms. The lowest BCUT2D eigenvalue weighted by Gasteiger charge is -1.99. The van der Waals surface area contributed by atoms with Crippen molar-refractivity contribution in [3.63, 3.8) is 0 Å². The van der Waals surface area contributed by atoms with Crippen LogP contribution in [-0.4, -0.2) is 16.1 Å². The smallest absolute Gasteiger partial charge is 0.337 e. The summed E-state index contributed by atoms with van der Waals surface area (Å²) in [4.78, 5) is 14.6. The quantitative estimate of drug-likeness (QED) is 0.731. The number of carboxylic acid groups (broad SMARTS) is 1. The predicted octanol–water partition coefficient (Wildman–Crippen LogP) is 2.51. The lowest BCUT2D eigenvalue weighted by molar-refractivity contribution is 0.0696. The van der Waals surface area contributed by atoms with Gasteiger partial charge in [-0.3, -0.25) is 4.98 Å². The molecule has 1 heterocycles. The monoisotopic (exact) mass is 193 g/mol. The molecule has 0 amide bonds. The molecule has 76 valence electrons. The summed E-state index contributed by atoms with van der Waals surface area (Å²) < 4.78 is 0. The highest BCUT2D eigenvalue weighted by Gasteiger charge is 2.02. The van der Waals surface area contributed by atoms with Crippen molar-refractivity contribution in [3.8, 4) is 0 Å². The van der Waals surface area contributed by atoms with E-state index in [1.165, 1.54) is 19.0 Å². The van der Waals surface area contributed by atoms with Gasteiger partial charge in [0.1, 0.15) is 0 Å². The summed E-state index contributed by atoms with van der Waals surface area (Å²) in [5.41, 5.74) is 1.23. The summed E-state index contributed by atoms with van der Waals surface area (Å²) in [6.45, 7) is 2.15. The third-order valence-electron chi connectivity index (χ3n) is 2.11. The van der Waals surface area contributed by atoms with E-state index < -0.39 is 5.97 Å². The van der Waals surface area contributed by atoms with E-state index in [2.05, 4.69) is 11.9 Å². The van der Waals surface area contributed by atoms with Gasteiger partial charge in [-0.05, 0) is 25.0 Å². The summed E-state index contributed by atoms with van der Waals surface area (Å²) >= 11 is 0. The molecule has 0 aromatic carbocycles. The van der Waals surface area contributed by atoms with Crippen molar-refractivity contribution in [2.24, 2.45) is 0 Å². The van der Waals surface area contributed by atoms with E-state index >= 15 is 0 Å². The van der Waals surface area contributed by atoms with E-state index in [1.807, 2.05) is 0 Å². The number of pyridine rings is 1. The Morgan fingerprint density at radius 1 is 1.43 bits per heavy atom. The number of hydrogen-bond acceptors (Lipinski definition) is 2. The Bertz CT molecular complexity index is 293. The van der Waals surface area contributed by atoms with Crippen molar-refractivity contribution in [2.75, 3.05) is 0 Å². The summed E-state index contributed by atoms with van der Waals surface area (Å²) in [5.74, 6) is -0.919. The lowest BCUT2D eigenvalue weighted by atomic mass is 10.1. The van der Waals surface area contributed by atoms with E-state index in [-0.39, 0.29) is 5.56 Å². The summed E-state index contributed by atoms with van der Waals surface area (Å²) in [6.07, 6.45) is 5.86. The molecule has 1 rings (SSSR count). The van der Waals surface area contributed by atoms with Crippen LogP contribution in [0.15, 0.2) is 18.3 Å². The third kappa shape index (κ3) is 3.17. The number of nitrogens with zero attached hydrogens (tertiary/aromatic N) is 1. The average Bonchev–Trinajstić information content (AvgIpc) is 2.19. The van der Waals surface area contributed by atoms with Crippen LogP contribution in [0.1, 0.15) is 42.2 Å². The van der Waals surface area contributed by atoms with Gasteiger partial charge in [-0.2, -0.15) is 0 Å². The molecule has 0 aliphatic heterocycles. The van der Waals surface area contributed by atoms with Crippen LogP contribution in [0.25, 0.3) is 0 Å². The number of aromatic nitrogens is 1. The van der Waals surface area contributed by atoms with Crippen molar-refractivity contribution in [3.05, 3.63) is 29.6 Å². The molecule has 0 aliphatic rings. The number of rotatable bonds is 5. The maximum atomic E-state index is 10.5. The largest absolute Gasteiger partial charge is 0.478 e. The molecule has 1 aromatic rings. The molecular weight excluding hydrogens is 178 g/mol. The van der Waals surface area contributed by atoms with Gasteiger partial charge >= 0.3 is 5.97 Å². The van der Waals surface area contributed by atoms with Gasteiger partial charge in [0.25, 0.3) is 0 Å². The van der Waals surface area contributed by atoms with Gasteiger partial charge in [-0.15, -0.1) is 0 Å². The molecule has 0 aliphatic carbocycles. The van der Waals surface area contributed by atoms with E-state index in [1.54, 1.807) is 12.1 Å². The Balaban J connectivity index is 2.51. The van der Waals surface area contributed by atoms with Crippen LogP contribution in [0.3, 0.4) is 0 Å². The van der Waals surface area contributed by atoms with E-state index in [9.17, 15) is 4.79 Å². The molecule has 0 unspecified atom stereocenters. The zero-order chi connectivity index (χ0) is 10.4. The fourth-order valence-corrected chi connectivity index (χ4v) is 1.26. The molecule has 3 nitrogen and oxygen atoms in total. The van der Waals surface area contributed by atoms with E-state index in [0.717, 1.165) is 18.5 Å². The zero-order valence-corrected chi connectivity index (χ0v) is 8.36. The average molecular weight is 193 g/mol. The van der Waals surface area contributed by atoms with Crippen LogP contribution in [0.4, 0.5) is 0 Å². The molecule has 14 heavy (non-hydrogen) atoms. The molecule has 0 bridgehead atoms. The molecule has 1 N–H and O–H groups in total. The number of aromatic carboxylic acids is 1. The second-order valence-electron chi connectivity index (χ2n) is 3.30. The first kappa shape index (κ1) is 10.7. The van der Waals surface area contributed by atoms with Gasteiger partial charge in [0.15, 0.2) is 0 Å². The third-order valence-corrected chi connectivity index (χ3v) is 2.11. The molecule has 0 radical (unpaired) electrons. The fraction of sp³-hybridized carbons (Fsp3) is 0.455. The van der Waals surface area contributed by atoms with Crippen LogP contribution in [-0.2, 0) is 6.42 Å². The lowest BCUT2D eigenvalue weighted by Crippen LogP contribution is -1.98. The van der Waals surface area contributed by atoms with Crippen LogP contribution in [0.2, 0.25) is 0 Å². The van der Waals surface area contributed by atoms with Gasteiger partial charge in [0.05, 0.1) is 5.56 Å². The first-order chi connectivity index (χ1) is 6.74. The summed E-state index contributed by atoms with van der Waals surface area (Å²) in [6, 6.07) is 3.40.